The third-order valence-corrected chi connectivity index (χ3v) is 4.60. The Labute approximate surface area is 189 Å². The van der Waals surface area contributed by atoms with Gasteiger partial charge in [0.25, 0.3) is 0 Å². The van der Waals surface area contributed by atoms with Crippen LogP contribution in [0.2, 0.25) is 0 Å². The lowest BCUT2D eigenvalue weighted by Crippen LogP contribution is -2.04. The Balaban J connectivity index is 1.74. The number of ketones is 1. The molecule has 0 spiro atoms. The predicted octanol–water partition coefficient (Wildman–Crippen LogP) is 5.92. The van der Waals surface area contributed by atoms with Gasteiger partial charge < -0.3 is 18.9 Å². The quantitative estimate of drug-likeness (QED) is 0.279. The van der Waals surface area contributed by atoms with Gasteiger partial charge in [-0.05, 0) is 66.2 Å². The van der Waals surface area contributed by atoms with Gasteiger partial charge in [-0.2, -0.15) is 8.78 Å². The fourth-order valence-electron chi connectivity index (χ4n) is 2.99. The molecule has 0 aliphatic rings. The summed E-state index contributed by atoms with van der Waals surface area (Å²) in [5.74, 6) is 0.262. The summed E-state index contributed by atoms with van der Waals surface area (Å²) in [4.78, 5) is 12.6. The Morgan fingerprint density at radius 1 is 0.909 bits per heavy atom. The molecule has 8 heteroatoms. The maximum atomic E-state index is 13.1. The Kier molecular flexibility index (Phi) is 7.96. The second-order valence-electron chi connectivity index (χ2n) is 6.76. The molecule has 0 saturated carbocycles. The average Bonchev–Trinajstić information content (AvgIpc) is 2.82. The van der Waals surface area contributed by atoms with E-state index in [-0.39, 0.29) is 35.3 Å². The minimum atomic E-state index is -3.00. The molecule has 0 aromatic heterocycles. The molecule has 0 radical (unpaired) electrons. The van der Waals surface area contributed by atoms with Crippen molar-refractivity contribution in [3.63, 3.8) is 0 Å². The van der Waals surface area contributed by atoms with E-state index in [1.807, 2.05) is 0 Å². The first-order valence-electron chi connectivity index (χ1n) is 9.80. The van der Waals surface area contributed by atoms with Crippen LogP contribution in [0.15, 0.2) is 66.7 Å². The standard InChI is InChI=1S/C25H21F3O5/c1-30-22-11-4-16(13-18(22)15-32-20-8-6-19(26)7-9-20)3-10-21(29)17-5-12-23(33-25(27)28)24(14-17)31-2/h3-14,25H,15H2,1-2H3/b10-3+. The van der Waals surface area contributed by atoms with Gasteiger partial charge >= 0.3 is 6.61 Å². The Morgan fingerprint density at radius 2 is 1.61 bits per heavy atom. The van der Waals surface area contributed by atoms with E-state index in [4.69, 9.17) is 14.2 Å². The van der Waals surface area contributed by atoms with Crippen LogP contribution in [0.3, 0.4) is 0 Å². The predicted molar refractivity (Wildman–Crippen MR) is 117 cm³/mol. The normalized spacial score (nSPS) is 11.0. The van der Waals surface area contributed by atoms with Crippen LogP contribution in [0.4, 0.5) is 13.2 Å². The van der Waals surface area contributed by atoms with Crippen molar-refractivity contribution in [2.45, 2.75) is 13.2 Å². The molecular weight excluding hydrogens is 437 g/mol. The van der Waals surface area contributed by atoms with Crippen LogP contribution in [0.5, 0.6) is 23.0 Å². The van der Waals surface area contributed by atoms with Crippen LogP contribution in [0.1, 0.15) is 21.5 Å². The SMILES string of the molecule is COc1ccc(/C=C/C(=O)c2ccc(OC(F)F)c(OC)c2)cc1COc1ccc(F)cc1. The highest BCUT2D eigenvalue weighted by atomic mass is 19.3. The summed E-state index contributed by atoms with van der Waals surface area (Å²) in [6.45, 7) is -2.83. The third kappa shape index (κ3) is 6.52. The molecule has 172 valence electrons. The second-order valence-corrected chi connectivity index (χ2v) is 6.76. The maximum Gasteiger partial charge on any atom is 0.387 e. The van der Waals surface area contributed by atoms with Gasteiger partial charge in [0.2, 0.25) is 0 Å². The molecule has 33 heavy (non-hydrogen) atoms. The molecule has 3 rings (SSSR count). The summed E-state index contributed by atoms with van der Waals surface area (Å²) in [6, 6.07) is 14.9. The minimum absolute atomic E-state index is 0.0271. The molecule has 3 aromatic carbocycles. The van der Waals surface area contributed by atoms with E-state index in [2.05, 4.69) is 4.74 Å². The highest BCUT2D eigenvalue weighted by Crippen LogP contribution is 2.30. The van der Waals surface area contributed by atoms with Gasteiger partial charge in [-0.15, -0.1) is 0 Å². The van der Waals surface area contributed by atoms with Gasteiger partial charge in [-0.25, -0.2) is 4.39 Å². The van der Waals surface area contributed by atoms with Gasteiger partial charge in [-0.1, -0.05) is 12.1 Å². The van der Waals surface area contributed by atoms with E-state index in [1.165, 1.54) is 62.8 Å². The summed E-state index contributed by atoms with van der Waals surface area (Å²) < 4.78 is 58.4. The molecule has 0 bridgehead atoms. The van der Waals surface area contributed by atoms with Gasteiger partial charge in [0, 0.05) is 11.1 Å². The zero-order valence-electron chi connectivity index (χ0n) is 17.9. The van der Waals surface area contributed by atoms with Crippen molar-refractivity contribution in [2.24, 2.45) is 0 Å². The second kappa shape index (κ2) is 11.1. The molecule has 5 nitrogen and oxygen atoms in total. The van der Waals surface area contributed by atoms with Crippen molar-refractivity contribution >= 4 is 11.9 Å². The number of allylic oxidation sites excluding steroid dienone is 1. The monoisotopic (exact) mass is 458 g/mol. The molecule has 0 unspecified atom stereocenters. The summed E-state index contributed by atoms with van der Waals surface area (Å²) in [5.41, 5.74) is 1.69. The fourth-order valence-corrected chi connectivity index (χ4v) is 2.99. The van der Waals surface area contributed by atoms with Crippen LogP contribution in [-0.2, 0) is 6.61 Å². The number of halogens is 3. The number of ether oxygens (including phenoxy) is 4. The van der Waals surface area contributed by atoms with Gasteiger partial charge in [0.15, 0.2) is 17.3 Å². The molecule has 0 saturated heterocycles. The molecule has 0 amide bonds. The van der Waals surface area contributed by atoms with E-state index < -0.39 is 6.61 Å². The smallest absolute Gasteiger partial charge is 0.387 e. The number of hydrogen-bond acceptors (Lipinski definition) is 5. The number of hydrogen-bond donors (Lipinski definition) is 0. The molecule has 0 heterocycles. The lowest BCUT2D eigenvalue weighted by molar-refractivity contribution is -0.0512. The van der Waals surface area contributed by atoms with Crippen molar-refractivity contribution in [1.29, 1.82) is 0 Å². The molecule has 0 aliphatic heterocycles. The maximum absolute atomic E-state index is 13.1. The number of alkyl halides is 2. The van der Waals surface area contributed by atoms with Crippen molar-refractivity contribution < 1.29 is 36.9 Å². The number of benzene rings is 3. The van der Waals surface area contributed by atoms with Crippen molar-refractivity contribution in [3.05, 3.63) is 89.2 Å². The molecule has 3 aromatic rings. The number of carbonyl (C=O) groups is 1. The van der Waals surface area contributed by atoms with Crippen molar-refractivity contribution in [2.75, 3.05) is 14.2 Å². The van der Waals surface area contributed by atoms with Crippen LogP contribution < -0.4 is 18.9 Å². The molecule has 0 atom stereocenters. The molecular formula is C25H21F3O5. The number of carbonyl (C=O) groups excluding carboxylic acids is 1. The van der Waals surface area contributed by atoms with E-state index in [0.29, 0.717) is 17.1 Å². The summed E-state index contributed by atoms with van der Waals surface area (Å²) in [6.07, 6.45) is 2.97. The van der Waals surface area contributed by atoms with E-state index in [9.17, 15) is 18.0 Å². The number of methoxy groups -OCH3 is 2. The largest absolute Gasteiger partial charge is 0.496 e. The van der Waals surface area contributed by atoms with Crippen LogP contribution in [0, 0.1) is 5.82 Å². The lowest BCUT2D eigenvalue weighted by Gasteiger charge is -2.11. The fraction of sp³-hybridized carbons (Fsp3) is 0.160. The summed E-state index contributed by atoms with van der Waals surface area (Å²) in [5, 5.41) is 0. The average molecular weight is 458 g/mol. The molecule has 0 aliphatic carbocycles. The zero-order valence-corrected chi connectivity index (χ0v) is 17.9. The van der Waals surface area contributed by atoms with Gasteiger partial charge in [0.1, 0.15) is 23.9 Å². The first-order valence-corrected chi connectivity index (χ1v) is 9.80. The molecule has 0 fully saturated rings. The van der Waals surface area contributed by atoms with Gasteiger partial charge in [0.05, 0.1) is 14.2 Å². The van der Waals surface area contributed by atoms with E-state index in [1.54, 1.807) is 24.3 Å². The minimum Gasteiger partial charge on any atom is -0.496 e. The highest BCUT2D eigenvalue weighted by Gasteiger charge is 2.13. The Hall–Kier alpha value is -3.94. The van der Waals surface area contributed by atoms with Crippen LogP contribution in [-0.4, -0.2) is 26.6 Å². The number of rotatable bonds is 10. The Morgan fingerprint density at radius 3 is 2.27 bits per heavy atom. The summed E-state index contributed by atoms with van der Waals surface area (Å²) in [7, 11) is 2.83. The first-order chi connectivity index (χ1) is 15.9. The third-order valence-electron chi connectivity index (χ3n) is 4.60. The molecule has 0 N–H and O–H groups in total. The van der Waals surface area contributed by atoms with Crippen LogP contribution >= 0.6 is 0 Å². The van der Waals surface area contributed by atoms with Gasteiger partial charge in [-0.3, -0.25) is 4.79 Å². The van der Waals surface area contributed by atoms with Crippen molar-refractivity contribution in [1.82, 2.24) is 0 Å². The first kappa shape index (κ1) is 23.7. The highest BCUT2D eigenvalue weighted by molar-refractivity contribution is 6.07. The topological polar surface area (TPSA) is 54.0 Å². The Bertz CT molecular complexity index is 1130. The van der Waals surface area contributed by atoms with E-state index in [0.717, 1.165) is 5.56 Å². The summed E-state index contributed by atoms with van der Waals surface area (Å²) >= 11 is 0. The van der Waals surface area contributed by atoms with E-state index >= 15 is 0 Å². The lowest BCUT2D eigenvalue weighted by atomic mass is 10.1. The zero-order chi connectivity index (χ0) is 23.8. The van der Waals surface area contributed by atoms with Crippen LogP contribution in [0.25, 0.3) is 6.08 Å². The van der Waals surface area contributed by atoms with Crippen molar-refractivity contribution in [3.8, 4) is 23.0 Å².